The minimum atomic E-state index is 0.147. The summed E-state index contributed by atoms with van der Waals surface area (Å²) < 4.78 is 5.35. The van der Waals surface area contributed by atoms with Gasteiger partial charge in [0.15, 0.2) is 5.96 Å². The molecule has 150 valence electrons. The first-order chi connectivity index (χ1) is 13.2. The highest BCUT2D eigenvalue weighted by atomic mass is 16.5. The highest BCUT2D eigenvalue weighted by Crippen LogP contribution is 2.14. The molecule has 0 spiro atoms. The second kappa shape index (κ2) is 12.3. The molecule has 1 aliphatic rings. The smallest absolute Gasteiger partial charge is 0.253 e. The van der Waals surface area contributed by atoms with Crippen LogP contribution in [0.25, 0.3) is 0 Å². The zero-order valence-corrected chi connectivity index (χ0v) is 16.8. The van der Waals surface area contributed by atoms with Crippen LogP contribution in [0.5, 0.6) is 0 Å². The number of piperidine rings is 1. The molecule has 1 heterocycles. The summed E-state index contributed by atoms with van der Waals surface area (Å²) in [5.74, 6) is 0.955. The molecule has 1 aliphatic heterocycles. The van der Waals surface area contributed by atoms with Crippen LogP contribution in [-0.4, -0.2) is 56.2 Å². The van der Waals surface area contributed by atoms with Gasteiger partial charge in [0.1, 0.15) is 0 Å². The van der Waals surface area contributed by atoms with Crippen molar-refractivity contribution in [2.75, 3.05) is 39.4 Å². The van der Waals surface area contributed by atoms with Gasteiger partial charge < -0.3 is 20.3 Å². The molecule has 0 unspecified atom stereocenters. The number of guanidine groups is 1. The molecule has 1 saturated heterocycles. The second-order valence-corrected chi connectivity index (χ2v) is 6.72. The normalized spacial score (nSPS) is 14.9. The molecule has 0 radical (unpaired) electrons. The predicted octanol–water partition coefficient (Wildman–Crippen LogP) is 2.79. The van der Waals surface area contributed by atoms with E-state index < -0.39 is 0 Å². The Morgan fingerprint density at radius 3 is 2.52 bits per heavy atom. The Morgan fingerprint density at radius 1 is 1.11 bits per heavy atom. The maximum atomic E-state index is 12.5. The van der Waals surface area contributed by atoms with E-state index in [0.29, 0.717) is 6.54 Å². The fourth-order valence-electron chi connectivity index (χ4n) is 3.07. The number of benzene rings is 1. The molecule has 0 atom stereocenters. The summed E-state index contributed by atoms with van der Waals surface area (Å²) in [5.41, 5.74) is 1.86. The van der Waals surface area contributed by atoms with Crippen LogP contribution in [0.2, 0.25) is 0 Å². The quantitative estimate of drug-likeness (QED) is 0.396. The van der Waals surface area contributed by atoms with Gasteiger partial charge in [-0.1, -0.05) is 12.1 Å². The van der Waals surface area contributed by atoms with E-state index in [1.54, 1.807) is 0 Å². The number of hydrogen-bond donors (Lipinski definition) is 2. The van der Waals surface area contributed by atoms with Crippen molar-refractivity contribution in [3.05, 3.63) is 35.4 Å². The summed E-state index contributed by atoms with van der Waals surface area (Å²) in [4.78, 5) is 19.1. The van der Waals surface area contributed by atoms with Crippen LogP contribution < -0.4 is 10.6 Å². The fraction of sp³-hybridized carbons (Fsp3) is 0.619. The summed E-state index contributed by atoms with van der Waals surface area (Å²) in [6.45, 7) is 9.56. The lowest BCUT2D eigenvalue weighted by Gasteiger charge is -2.26. The number of rotatable bonds is 9. The van der Waals surface area contributed by atoms with E-state index in [4.69, 9.17) is 4.74 Å². The number of carbonyl (C=O) groups is 1. The Morgan fingerprint density at radius 2 is 1.85 bits per heavy atom. The molecule has 0 aromatic heterocycles. The number of hydrogen-bond acceptors (Lipinski definition) is 3. The third-order valence-corrected chi connectivity index (χ3v) is 4.57. The Kier molecular flexibility index (Phi) is 9.69. The topological polar surface area (TPSA) is 66.0 Å². The summed E-state index contributed by atoms with van der Waals surface area (Å²) in [7, 11) is 0. The molecule has 1 aromatic carbocycles. The van der Waals surface area contributed by atoms with Gasteiger partial charge in [-0.05, 0) is 57.2 Å². The molecule has 0 bridgehead atoms. The van der Waals surface area contributed by atoms with Gasteiger partial charge in [-0.3, -0.25) is 4.79 Å². The van der Waals surface area contributed by atoms with E-state index in [0.717, 1.165) is 75.7 Å². The number of ether oxygens (including phenoxy) is 1. The van der Waals surface area contributed by atoms with Gasteiger partial charge in [-0.2, -0.15) is 0 Å². The van der Waals surface area contributed by atoms with Gasteiger partial charge in [0, 0.05) is 45.0 Å². The average Bonchev–Trinajstić information content (AvgIpc) is 2.72. The van der Waals surface area contributed by atoms with Crippen molar-refractivity contribution >= 4 is 11.9 Å². The average molecular weight is 375 g/mol. The van der Waals surface area contributed by atoms with Crippen LogP contribution in [-0.2, 0) is 11.3 Å². The molecule has 1 fully saturated rings. The highest BCUT2D eigenvalue weighted by Gasteiger charge is 2.17. The number of nitrogens with zero attached hydrogens (tertiary/aromatic N) is 2. The number of amides is 1. The Bertz CT molecular complexity index is 580. The minimum Gasteiger partial charge on any atom is -0.382 e. The second-order valence-electron chi connectivity index (χ2n) is 6.72. The Labute approximate surface area is 163 Å². The van der Waals surface area contributed by atoms with E-state index in [1.807, 2.05) is 36.1 Å². The number of nitrogens with one attached hydrogen (secondary N) is 2. The van der Waals surface area contributed by atoms with Gasteiger partial charge in [0.25, 0.3) is 5.91 Å². The number of carbonyl (C=O) groups excluding carboxylic acids is 1. The molecule has 1 amide bonds. The van der Waals surface area contributed by atoms with Gasteiger partial charge in [-0.25, -0.2) is 4.99 Å². The molecular formula is C21H34N4O2. The number of likely N-dealkylation sites (tertiary alicyclic amines) is 1. The molecular weight excluding hydrogens is 340 g/mol. The van der Waals surface area contributed by atoms with Crippen LogP contribution in [0.4, 0.5) is 0 Å². The van der Waals surface area contributed by atoms with Crippen molar-refractivity contribution in [2.24, 2.45) is 4.99 Å². The van der Waals surface area contributed by atoms with Crippen molar-refractivity contribution in [3.63, 3.8) is 0 Å². The molecule has 2 rings (SSSR count). The van der Waals surface area contributed by atoms with Crippen molar-refractivity contribution in [2.45, 2.75) is 46.1 Å². The van der Waals surface area contributed by atoms with E-state index in [1.165, 1.54) is 6.42 Å². The lowest BCUT2D eigenvalue weighted by Crippen LogP contribution is -2.38. The van der Waals surface area contributed by atoms with Crippen LogP contribution in [0.3, 0.4) is 0 Å². The molecule has 2 N–H and O–H groups in total. The third-order valence-electron chi connectivity index (χ3n) is 4.57. The number of aliphatic imine (C=N–C) groups is 1. The lowest BCUT2D eigenvalue weighted by molar-refractivity contribution is 0.0724. The predicted molar refractivity (Wildman–Crippen MR) is 110 cm³/mol. The zero-order valence-electron chi connectivity index (χ0n) is 16.8. The molecule has 0 saturated carbocycles. The largest absolute Gasteiger partial charge is 0.382 e. The Hall–Kier alpha value is -2.08. The standard InChI is InChI=1S/C21H34N4O2/c1-3-22-21(23-13-8-16-27-4-2)24-17-18-9-11-19(12-10-18)20(26)25-14-6-5-7-15-25/h9-12H,3-8,13-17H2,1-2H3,(H2,22,23,24). The van der Waals surface area contributed by atoms with Crippen LogP contribution in [0, 0.1) is 0 Å². The molecule has 27 heavy (non-hydrogen) atoms. The van der Waals surface area contributed by atoms with Crippen LogP contribution in [0.1, 0.15) is 55.5 Å². The van der Waals surface area contributed by atoms with Crippen molar-refractivity contribution in [1.29, 1.82) is 0 Å². The molecule has 0 aliphatic carbocycles. The first-order valence-electron chi connectivity index (χ1n) is 10.2. The van der Waals surface area contributed by atoms with Crippen LogP contribution in [0.15, 0.2) is 29.3 Å². The first kappa shape index (κ1) is 21.2. The zero-order chi connectivity index (χ0) is 19.3. The summed E-state index contributed by atoms with van der Waals surface area (Å²) in [6.07, 6.45) is 4.41. The maximum absolute atomic E-state index is 12.5. The van der Waals surface area contributed by atoms with E-state index in [9.17, 15) is 4.79 Å². The minimum absolute atomic E-state index is 0.147. The fourth-order valence-corrected chi connectivity index (χ4v) is 3.07. The molecule has 1 aromatic rings. The monoisotopic (exact) mass is 374 g/mol. The van der Waals surface area contributed by atoms with Crippen molar-refractivity contribution in [1.82, 2.24) is 15.5 Å². The van der Waals surface area contributed by atoms with Crippen molar-refractivity contribution in [3.8, 4) is 0 Å². The molecule has 6 heteroatoms. The van der Waals surface area contributed by atoms with E-state index in [-0.39, 0.29) is 5.91 Å². The summed E-state index contributed by atoms with van der Waals surface area (Å²) in [5, 5.41) is 6.57. The van der Waals surface area contributed by atoms with Gasteiger partial charge in [0.05, 0.1) is 6.54 Å². The van der Waals surface area contributed by atoms with Crippen molar-refractivity contribution < 1.29 is 9.53 Å². The Balaban J connectivity index is 1.85. The van der Waals surface area contributed by atoms with Crippen LogP contribution >= 0.6 is 0 Å². The SMILES string of the molecule is CCNC(=NCc1ccc(C(=O)N2CCCCC2)cc1)NCCCOCC. The first-order valence-corrected chi connectivity index (χ1v) is 10.2. The van der Waals surface area contributed by atoms with E-state index in [2.05, 4.69) is 22.5 Å². The lowest BCUT2D eigenvalue weighted by atomic mass is 10.1. The summed E-state index contributed by atoms with van der Waals surface area (Å²) in [6, 6.07) is 7.84. The third kappa shape index (κ3) is 7.59. The maximum Gasteiger partial charge on any atom is 0.253 e. The van der Waals surface area contributed by atoms with E-state index >= 15 is 0 Å². The van der Waals surface area contributed by atoms with Gasteiger partial charge >= 0.3 is 0 Å². The van der Waals surface area contributed by atoms with Gasteiger partial charge in [-0.15, -0.1) is 0 Å². The van der Waals surface area contributed by atoms with Gasteiger partial charge in [0.2, 0.25) is 0 Å². The molecule has 6 nitrogen and oxygen atoms in total. The summed E-state index contributed by atoms with van der Waals surface area (Å²) >= 11 is 0. The highest BCUT2D eigenvalue weighted by molar-refractivity contribution is 5.94.